The molecule has 0 aromatic heterocycles. The van der Waals surface area contributed by atoms with E-state index in [-0.39, 0.29) is 0 Å². The molecular weight excluding hydrogens is 228 g/mol. The first-order valence-electron chi connectivity index (χ1n) is 4.60. The first kappa shape index (κ1) is 12.6. The van der Waals surface area contributed by atoms with Crippen molar-refractivity contribution < 1.29 is 13.0 Å². The Morgan fingerprint density at radius 3 is 2.38 bits per heavy atom. The highest BCUT2D eigenvalue weighted by atomic mass is 32.2. The zero-order chi connectivity index (χ0) is 12.2. The number of nitriles is 1. The Morgan fingerprint density at radius 1 is 1.38 bits per heavy atom. The van der Waals surface area contributed by atoms with Crippen LogP contribution < -0.4 is 5.73 Å². The molecule has 0 radical (unpaired) electrons. The van der Waals surface area contributed by atoms with Crippen LogP contribution in [0.4, 0.5) is 0 Å². The Kier molecular flexibility index (Phi) is 4.01. The minimum Gasteiger partial charge on any atom is -0.326 e. The lowest BCUT2D eigenvalue weighted by molar-refractivity contribution is 0.476. The molecule has 3 N–H and O–H groups in total. The van der Waals surface area contributed by atoms with E-state index in [1.807, 2.05) is 6.07 Å². The van der Waals surface area contributed by atoms with Crippen LogP contribution in [-0.2, 0) is 16.5 Å². The molecule has 1 atom stereocenters. The summed E-state index contributed by atoms with van der Waals surface area (Å²) in [7, 11) is -4.03. The molecule has 1 aromatic carbocycles. The maximum atomic E-state index is 10.6. The Balaban J connectivity index is 2.64. The van der Waals surface area contributed by atoms with Gasteiger partial charge in [-0.1, -0.05) is 12.1 Å². The van der Waals surface area contributed by atoms with Crippen LogP contribution in [0.2, 0.25) is 0 Å². The molecule has 0 spiro atoms. The number of nitrogens with zero attached hydrogens (tertiary/aromatic N) is 1. The molecule has 0 heterocycles. The van der Waals surface area contributed by atoms with Gasteiger partial charge in [0.2, 0.25) is 0 Å². The molecule has 1 aromatic rings. The quantitative estimate of drug-likeness (QED) is 0.737. The summed E-state index contributed by atoms with van der Waals surface area (Å²) in [4.78, 5) is 0. The van der Waals surface area contributed by atoms with Gasteiger partial charge in [0.05, 0.1) is 17.4 Å². The minimum absolute atomic E-state index is 0.339. The normalized spacial score (nSPS) is 13.1. The average Bonchev–Trinajstić information content (AvgIpc) is 2.16. The molecule has 0 amide bonds. The lowest BCUT2D eigenvalue weighted by Gasteiger charge is -2.09. The molecule has 0 fully saturated rings. The maximum absolute atomic E-state index is 10.6. The molecule has 0 saturated heterocycles. The highest BCUT2D eigenvalue weighted by Gasteiger charge is 2.13. The fourth-order valence-corrected chi connectivity index (χ4v) is 2.01. The number of rotatable bonds is 4. The Bertz CT molecular complexity index is 488. The lowest BCUT2D eigenvalue weighted by atomic mass is 10.1. The zero-order valence-corrected chi connectivity index (χ0v) is 9.31. The molecule has 0 unspecified atom stereocenters. The van der Waals surface area contributed by atoms with Crippen LogP contribution in [0.25, 0.3) is 0 Å². The summed E-state index contributed by atoms with van der Waals surface area (Å²) in [6, 6.07) is 8.02. The van der Waals surface area contributed by atoms with Crippen molar-refractivity contribution in [2.45, 2.75) is 12.5 Å². The van der Waals surface area contributed by atoms with Gasteiger partial charge in [-0.3, -0.25) is 4.55 Å². The van der Waals surface area contributed by atoms with Crippen LogP contribution in [0.5, 0.6) is 0 Å². The highest BCUT2D eigenvalue weighted by Crippen LogP contribution is 2.06. The molecule has 5 nitrogen and oxygen atoms in total. The maximum Gasteiger partial charge on any atom is 0.266 e. The van der Waals surface area contributed by atoms with Crippen molar-refractivity contribution in [2.75, 3.05) is 5.75 Å². The lowest BCUT2D eigenvalue weighted by Crippen LogP contribution is -2.31. The second-order valence-electron chi connectivity index (χ2n) is 3.52. The second kappa shape index (κ2) is 5.07. The third-order valence-electron chi connectivity index (χ3n) is 2.01. The first-order valence-corrected chi connectivity index (χ1v) is 6.21. The van der Waals surface area contributed by atoms with E-state index in [2.05, 4.69) is 0 Å². The van der Waals surface area contributed by atoms with E-state index in [9.17, 15) is 8.42 Å². The van der Waals surface area contributed by atoms with E-state index in [1.54, 1.807) is 24.3 Å². The number of hydrogen-bond donors (Lipinski definition) is 2. The van der Waals surface area contributed by atoms with Crippen LogP contribution in [0.3, 0.4) is 0 Å². The SMILES string of the molecule is N#Cc1ccc(C[C@H](N)CS(=O)(=O)O)cc1. The predicted octanol–water partition coefficient (Wildman–Crippen LogP) is 0.316. The van der Waals surface area contributed by atoms with Gasteiger partial charge >= 0.3 is 0 Å². The van der Waals surface area contributed by atoms with Crippen molar-refractivity contribution in [2.24, 2.45) is 5.73 Å². The van der Waals surface area contributed by atoms with Crippen molar-refractivity contribution >= 4 is 10.1 Å². The second-order valence-corrected chi connectivity index (χ2v) is 5.02. The predicted molar refractivity (Wildman–Crippen MR) is 59.3 cm³/mol. The van der Waals surface area contributed by atoms with Crippen molar-refractivity contribution in [1.29, 1.82) is 5.26 Å². The first-order chi connectivity index (χ1) is 7.40. The van der Waals surface area contributed by atoms with Crippen LogP contribution in [-0.4, -0.2) is 24.8 Å². The van der Waals surface area contributed by atoms with Gasteiger partial charge in [-0.2, -0.15) is 13.7 Å². The van der Waals surface area contributed by atoms with Crippen LogP contribution >= 0.6 is 0 Å². The fraction of sp³-hybridized carbons (Fsp3) is 0.300. The topological polar surface area (TPSA) is 104 Å². The van der Waals surface area contributed by atoms with Gasteiger partial charge in [-0.15, -0.1) is 0 Å². The van der Waals surface area contributed by atoms with Crippen molar-refractivity contribution in [1.82, 2.24) is 0 Å². The molecule has 0 aliphatic heterocycles. The zero-order valence-electron chi connectivity index (χ0n) is 8.50. The minimum atomic E-state index is -4.03. The molecule has 16 heavy (non-hydrogen) atoms. The standard InChI is InChI=1S/C10H12N2O3S/c11-6-9-3-1-8(2-4-9)5-10(12)7-16(13,14)15/h1-4,10H,5,7,12H2,(H,13,14,15)/t10-/m0/s1. The Labute approximate surface area is 94.3 Å². The molecule has 0 bridgehead atoms. The highest BCUT2D eigenvalue weighted by molar-refractivity contribution is 7.85. The largest absolute Gasteiger partial charge is 0.326 e. The van der Waals surface area contributed by atoms with Crippen LogP contribution in [0, 0.1) is 11.3 Å². The van der Waals surface area contributed by atoms with E-state index in [4.69, 9.17) is 15.5 Å². The summed E-state index contributed by atoms with van der Waals surface area (Å²) in [5.74, 6) is -0.465. The van der Waals surface area contributed by atoms with Gasteiger partial charge in [0.1, 0.15) is 0 Å². The summed E-state index contributed by atoms with van der Waals surface area (Å²) < 4.78 is 29.7. The number of hydrogen-bond acceptors (Lipinski definition) is 4. The van der Waals surface area contributed by atoms with Gasteiger partial charge < -0.3 is 5.73 Å². The van der Waals surface area contributed by atoms with E-state index in [1.165, 1.54) is 0 Å². The summed E-state index contributed by atoms with van der Waals surface area (Å²) >= 11 is 0. The summed E-state index contributed by atoms with van der Waals surface area (Å²) in [6.07, 6.45) is 0.339. The van der Waals surface area contributed by atoms with Crippen molar-refractivity contribution in [3.63, 3.8) is 0 Å². The van der Waals surface area contributed by atoms with Gasteiger partial charge in [-0.05, 0) is 24.1 Å². The third kappa shape index (κ3) is 4.40. The van der Waals surface area contributed by atoms with E-state index in [0.717, 1.165) is 5.56 Å². The molecule has 6 heteroatoms. The van der Waals surface area contributed by atoms with Crippen molar-refractivity contribution in [3.05, 3.63) is 35.4 Å². The molecular formula is C10H12N2O3S. The summed E-state index contributed by atoms with van der Waals surface area (Å²) in [5, 5.41) is 8.58. The number of nitrogens with two attached hydrogens (primary N) is 1. The molecule has 1 rings (SSSR count). The van der Waals surface area contributed by atoms with E-state index < -0.39 is 21.9 Å². The third-order valence-corrected chi connectivity index (χ3v) is 2.86. The van der Waals surface area contributed by atoms with Crippen LogP contribution in [0.1, 0.15) is 11.1 Å². The number of benzene rings is 1. The molecule has 0 aliphatic carbocycles. The van der Waals surface area contributed by atoms with Crippen molar-refractivity contribution in [3.8, 4) is 6.07 Å². The van der Waals surface area contributed by atoms with Gasteiger partial charge in [0.25, 0.3) is 10.1 Å². The Morgan fingerprint density at radius 2 is 1.94 bits per heavy atom. The smallest absolute Gasteiger partial charge is 0.266 e. The fourth-order valence-electron chi connectivity index (χ4n) is 1.35. The Hall–Kier alpha value is -1.42. The summed E-state index contributed by atoms with van der Waals surface area (Å²) in [6.45, 7) is 0. The van der Waals surface area contributed by atoms with Gasteiger partial charge in [0, 0.05) is 6.04 Å². The molecule has 0 aliphatic rings. The monoisotopic (exact) mass is 240 g/mol. The molecule has 0 saturated carbocycles. The summed E-state index contributed by atoms with van der Waals surface area (Å²) in [5.41, 5.74) is 6.92. The van der Waals surface area contributed by atoms with Gasteiger partial charge in [-0.25, -0.2) is 0 Å². The average molecular weight is 240 g/mol. The molecule has 86 valence electrons. The van der Waals surface area contributed by atoms with E-state index >= 15 is 0 Å². The van der Waals surface area contributed by atoms with Gasteiger partial charge in [0.15, 0.2) is 0 Å². The van der Waals surface area contributed by atoms with Crippen LogP contribution in [0.15, 0.2) is 24.3 Å². The van der Waals surface area contributed by atoms with E-state index in [0.29, 0.717) is 12.0 Å².